The van der Waals surface area contributed by atoms with Gasteiger partial charge in [-0.05, 0) is 46.5 Å². The molecule has 1 N–H and O–H groups in total. The van der Waals surface area contributed by atoms with Crippen molar-refractivity contribution in [2.75, 3.05) is 6.61 Å². The van der Waals surface area contributed by atoms with Crippen molar-refractivity contribution in [1.82, 2.24) is 0 Å². The number of hydrogen-bond donors (Lipinski definition) is 1. The van der Waals surface area contributed by atoms with Crippen LogP contribution in [-0.2, 0) is 49.3 Å². The van der Waals surface area contributed by atoms with Crippen LogP contribution in [0.25, 0.3) is 10.8 Å². The molecule has 1 aliphatic rings. The van der Waals surface area contributed by atoms with Crippen LogP contribution in [0.3, 0.4) is 0 Å². The third-order valence-electron chi connectivity index (χ3n) is 6.76. The van der Waals surface area contributed by atoms with E-state index in [-0.39, 0.29) is 11.3 Å². The molecule has 3 aromatic rings. The lowest BCUT2D eigenvalue weighted by atomic mass is 9.93. The first-order valence-corrected chi connectivity index (χ1v) is 13.7. The summed E-state index contributed by atoms with van der Waals surface area (Å²) in [5.74, 6) is -3.72. The molecule has 1 fully saturated rings. The lowest BCUT2D eigenvalue weighted by Gasteiger charge is -2.43. The molecule has 0 saturated carbocycles. The van der Waals surface area contributed by atoms with Gasteiger partial charge in [-0.2, -0.15) is 0 Å². The summed E-state index contributed by atoms with van der Waals surface area (Å²) in [5.41, 5.74) is 1.70. The van der Waals surface area contributed by atoms with E-state index in [4.69, 9.17) is 28.4 Å². The highest BCUT2D eigenvalue weighted by Crippen LogP contribution is 2.33. The van der Waals surface area contributed by atoms with Gasteiger partial charge in [-0.1, -0.05) is 42.5 Å². The minimum atomic E-state index is -1.41. The molecule has 232 valence electrons. The van der Waals surface area contributed by atoms with E-state index >= 15 is 0 Å². The molecule has 1 aliphatic heterocycles. The summed E-state index contributed by atoms with van der Waals surface area (Å²) in [6, 6.07) is 17.6. The molecule has 12 nitrogen and oxygen atoms in total. The van der Waals surface area contributed by atoms with Crippen molar-refractivity contribution < 1.29 is 57.5 Å². The quantitative estimate of drug-likeness (QED) is 0.263. The van der Waals surface area contributed by atoms with Gasteiger partial charge in [-0.15, -0.1) is 0 Å². The molecule has 0 spiro atoms. The second kappa shape index (κ2) is 14.0. The Bertz CT molecular complexity index is 1550. The fraction of sp³-hybridized carbons (Fsp3) is 0.344. The number of fused-ring (bicyclic) bond motifs is 1. The molecule has 44 heavy (non-hydrogen) atoms. The van der Waals surface area contributed by atoms with E-state index in [1.165, 1.54) is 13.0 Å². The van der Waals surface area contributed by atoms with E-state index in [0.29, 0.717) is 22.8 Å². The number of carbonyl (C=O) groups is 5. The zero-order valence-corrected chi connectivity index (χ0v) is 24.5. The Morgan fingerprint density at radius 1 is 0.750 bits per heavy atom. The number of carboxylic acids is 1. The number of esters is 4. The normalized spacial score (nSPS) is 21.1. The van der Waals surface area contributed by atoms with Gasteiger partial charge in [0.25, 0.3) is 0 Å². The molecular formula is C32H32O12. The summed E-state index contributed by atoms with van der Waals surface area (Å²) < 4.78 is 33.5. The predicted molar refractivity (Wildman–Crippen MR) is 153 cm³/mol. The van der Waals surface area contributed by atoms with Crippen LogP contribution < -0.4 is 4.74 Å². The van der Waals surface area contributed by atoms with Crippen LogP contribution >= 0.6 is 0 Å². The molecule has 1 heterocycles. The number of hydrogen-bond acceptors (Lipinski definition) is 11. The fourth-order valence-corrected chi connectivity index (χ4v) is 5.05. The third kappa shape index (κ3) is 7.90. The van der Waals surface area contributed by atoms with Gasteiger partial charge in [-0.25, -0.2) is 4.79 Å². The van der Waals surface area contributed by atoms with Crippen molar-refractivity contribution in [3.8, 4) is 5.75 Å². The molecular weight excluding hydrogens is 576 g/mol. The highest BCUT2D eigenvalue weighted by atomic mass is 16.7. The summed E-state index contributed by atoms with van der Waals surface area (Å²) in [7, 11) is 0. The van der Waals surface area contributed by atoms with E-state index in [1.54, 1.807) is 24.3 Å². The van der Waals surface area contributed by atoms with Crippen molar-refractivity contribution in [3.05, 3.63) is 77.4 Å². The Balaban J connectivity index is 1.73. The Labute approximate surface area is 252 Å². The van der Waals surface area contributed by atoms with Crippen LogP contribution in [0.5, 0.6) is 5.75 Å². The lowest BCUT2D eigenvalue weighted by molar-refractivity contribution is -0.288. The first kappa shape index (κ1) is 32.0. The summed E-state index contributed by atoms with van der Waals surface area (Å²) in [5, 5.41) is 11.2. The highest BCUT2D eigenvalue weighted by Gasteiger charge is 2.53. The monoisotopic (exact) mass is 608 g/mol. The van der Waals surface area contributed by atoms with Gasteiger partial charge in [-0.3, -0.25) is 19.2 Å². The van der Waals surface area contributed by atoms with E-state index in [9.17, 15) is 29.1 Å². The minimum Gasteiger partial charge on any atom is -0.478 e. The maximum Gasteiger partial charge on any atom is 0.335 e. The van der Waals surface area contributed by atoms with Gasteiger partial charge >= 0.3 is 29.8 Å². The van der Waals surface area contributed by atoms with Gasteiger partial charge in [0.2, 0.25) is 12.4 Å². The number of carbonyl (C=O) groups excluding carboxylic acids is 4. The Kier molecular flexibility index (Phi) is 10.2. The number of rotatable bonds is 10. The SMILES string of the molecule is CC(=O)OC[C@H]1O[C@@H](Oc2ccc3c(Cc4ccccc4)c(C(=O)O)ccc3c2)[C@H](OC(C)=O)[C@@H](OC(C)=O)[C@H]1OC(C)=O. The highest BCUT2D eigenvalue weighted by molar-refractivity contribution is 5.98. The van der Waals surface area contributed by atoms with Crippen LogP contribution in [0.15, 0.2) is 60.7 Å². The lowest BCUT2D eigenvalue weighted by Crippen LogP contribution is -2.63. The van der Waals surface area contributed by atoms with Crippen LogP contribution in [0.1, 0.15) is 49.2 Å². The van der Waals surface area contributed by atoms with Gasteiger partial charge in [0.05, 0.1) is 5.56 Å². The number of ether oxygens (including phenoxy) is 6. The maximum absolute atomic E-state index is 12.1. The average molecular weight is 609 g/mol. The zero-order valence-electron chi connectivity index (χ0n) is 24.5. The summed E-state index contributed by atoms with van der Waals surface area (Å²) in [6.45, 7) is 4.19. The first-order valence-electron chi connectivity index (χ1n) is 13.7. The van der Waals surface area contributed by atoms with Gasteiger partial charge in [0.1, 0.15) is 18.5 Å². The maximum atomic E-state index is 12.1. The molecule has 5 atom stereocenters. The van der Waals surface area contributed by atoms with E-state index in [1.807, 2.05) is 30.3 Å². The van der Waals surface area contributed by atoms with Crippen molar-refractivity contribution in [2.45, 2.75) is 64.8 Å². The largest absolute Gasteiger partial charge is 0.478 e. The Hall–Kier alpha value is -4.97. The summed E-state index contributed by atoms with van der Waals surface area (Å²) in [6.07, 6.45) is -6.29. The molecule has 0 aliphatic carbocycles. The van der Waals surface area contributed by atoms with Gasteiger partial charge < -0.3 is 33.5 Å². The van der Waals surface area contributed by atoms with E-state index < -0.39 is 67.2 Å². The molecule has 4 rings (SSSR count). The molecule has 0 bridgehead atoms. The van der Waals surface area contributed by atoms with E-state index in [2.05, 4.69) is 0 Å². The van der Waals surface area contributed by atoms with Crippen molar-refractivity contribution in [1.29, 1.82) is 0 Å². The third-order valence-corrected chi connectivity index (χ3v) is 6.76. The van der Waals surface area contributed by atoms with Crippen molar-refractivity contribution in [2.24, 2.45) is 0 Å². The number of benzene rings is 3. The number of aromatic carboxylic acids is 1. The molecule has 0 unspecified atom stereocenters. The second-order valence-corrected chi connectivity index (χ2v) is 10.1. The van der Waals surface area contributed by atoms with Gasteiger partial charge in [0, 0.05) is 27.7 Å². The topological polar surface area (TPSA) is 161 Å². The summed E-state index contributed by atoms with van der Waals surface area (Å²) in [4.78, 5) is 59.8. The van der Waals surface area contributed by atoms with Crippen LogP contribution in [-0.4, -0.2) is 72.3 Å². The molecule has 0 amide bonds. The van der Waals surface area contributed by atoms with Crippen molar-refractivity contribution in [3.63, 3.8) is 0 Å². The Morgan fingerprint density at radius 3 is 2.00 bits per heavy atom. The van der Waals surface area contributed by atoms with Crippen LogP contribution in [0.2, 0.25) is 0 Å². The van der Waals surface area contributed by atoms with Crippen LogP contribution in [0.4, 0.5) is 0 Å². The second-order valence-electron chi connectivity index (χ2n) is 10.1. The summed E-state index contributed by atoms with van der Waals surface area (Å²) >= 11 is 0. The van der Waals surface area contributed by atoms with Crippen molar-refractivity contribution >= 4 is 40.6 Å². The zero-order chi connectivity index (χ0) is 32.0. The molecule has 0 radical (unpaired) electrons. The molecule has 1 saturated heterocycles. The standard InChI is InChI=1S/C32H32O12/c1-17(33)39-16-27-28(40-18(2)34)29(41-19(3)35)30(42-20(4)36)32(44-27)43-23-11-13-24-22(15-23)10-12-25(31(37)38)26(24)14-21-8-6-5-7-9-21/h5-13,15,27-30,32H,14,16H2,1-4H3,(H,37,38)/t27-,28+,29+,30-,32-/m1/s1. The first-order chi connectivity index (χ1) is 20.9. The predicted octanol–water partition coefficient (Wildman–Crippen LogP) is 3.59. The Morgan fingerprint density at radius 2 is 1.39 bits per heavy atom. The minimum absolute atomic E-state index is 0.162. The fourth-order valence-electron chi connectivity index (χ4n) is 5.05. The van der Waals surface area contributed by atoms with Crippen LogP contribution in [0, 0.1) is 0 Å². The number of carboxylic acid groups (broad SMARTS) is 1. The van der Waals surface area contributed by atoms with E-state index in [0.717, 1.165) is 26.3 Å². The molecule has 3 aromatic carbocycles. The smallest absolute Gasteiger partial charge is 0.335 e. The average Bonchev–Trinajstić information content (AvgIpc) is 2.95. The van der Waals surface area contributed by atoms with Gasteiger partial charge in [0.15, 0.2) is 12.2 Å². The molecule has 0 aromatic heterocycles. The molecule has 12 heteroatoms.